The van der Waals surface area contributed by atoms with E-state index in [1.54, 1.807) is 13.3 Å². The number of nitrogens with zero attached hydrogens (tertiary/aromatic N) is 2. The van der Waals surface area contributed by atoms with Gasteiger partial charge in [-0.2, -0.15) is 0 Å². The number of pyridine rings is 1. The van der Waals surface area contributed by atoms with Crippen LogP contribution in [0.5, 0.6) is 5.75 Å². The van der Waals surface area contributed by atoms with Gasteiger partial charge in [0.05, 0.1) is 19.0 Å². The number of fused-ring (bicyclic) bond motifs is 1. The van der Waals surface area contributed by atoms with Crippen LogP contribution in [0.15, 0.2) is 16.8 Å². The topological polar surface area (TPSA) is 48.2 Å². The van der Waals surface area contributed by atoms with Crippen LogP contribution >= 0.6 is 15.9 Å². The van der Waals surface area contributed by atoms with E-state index in [0.717, 1.165) is 16.8 Å². The maximum atomic E-state index is 5.17. The predicted octanol–water partition coefficient (Wildman–Crippen LogP) is 2.13. The molecule has 0 N–H and O–H groups in total. The van der Waals surface area contributed by atoms with E-state index in [0.29, 0.717) is 11.0 Å². The van der Waals surface area contributed by atoms with E-state index in [2.05, 4.69) is 26.1 Å². The predicted molar refractivity (Wildman–Crippen MR) is 51.0 cm³/mol. The van der Waals surface area contributed by atoms with Crippen molar-refractivity contribution in [2.75, 3.05) is 7.11 Å². The Bertz CT molecular complexity index is 427. The lowest BCUT2D eigenvalue weighted by atomic mass is 10.3. The van der Waals surface area contributed by atoms with Crippen molar-refractivity contribution < 1.29 is 9.26 Å². The van der Waals surface area contributed by atoms with Crippen LogP contribution in [-0.4, -0.2) is 17.3 Å². The Kier molecular flexibility index (Phi) is 2.18. The van der Waals surface area contributed by atoms with Gasteiger partial charge in [-0.3, -0.25) is 0 Å². The second-order valence-corrected chi connectivity index (χ2v) is 3.05. The first kappa shape index (κ1) is 8.50. The van der Waals surface area contributed by atoms with E-state index in [1.807, 2.05) is 6.07 Å². The zero-order chi connectivity index (χ0) is 9.26. The molecule has 0 saturated heterocycles. The molecule has 5 heteroatoms. The van der Waals surface area contributed by atoms with Gasteiger partial charge in [0.1, 0.15) is 11.1 Å². The lowest BCUT2D eigenvalue weighted by Gasteiger charge is -2.01. The molecular weight excluding hydrogens is 236 g/mol. The van der Waals surface area contributed by atoms with Crippen molar-refractivity contribution >= 4 is 27.0 Å². The van der Waals surface area contributed by atoms with Crippen molar-refractivity contribution in [3.05, 3.63) is 18.0 Å². The Labute approximate surface area is 83.0 Å². The van der Waals surface area contributed by atoms with Crippen LogP contribution in [-0.2, 0) is 5.33 Å². The zero-order valence-corrected chi connectivity index (χ0v) is 8.54. The van der Waals surface area contributed by atoms with E-state index in [-0.39, 0.29) is 0 Å². The number of rotatable bonds is 2. The number of methoxy groups -OCH3 is 1. The Morgan fingerprint density at radius 1 is 1.62 bits per heavy atom. The Morgan fingerprint density at radius 3 is 3.15 bits per heavy atom. The molecule has 0 fully saturated rings. The fourth-order valence-electron chi connectivity index (χ4n) is 1.11. The van der Waals surface area contributed by atoms with Crippen molar-refractivity contribution in [2.24, 2.45) is 0 Å². The Hall–Kier alpha value is -1.10. The fourth-order valence-corrected chi connectivity index (χ4v) is 1.40. The summed E-state index contributed by atoms with van der Waals surface area (Å²) in [5.74, 6) is 0.737. The lowest BCUT2D eigenvalue weighted by Crippen LogP contribution is -1.89. The minimum atomic E-state index is 0.508. The van der Waals surface area contributed by atoms with E-state index in [4.69, 9.17) is 9.26 Å². The number of aromatic nitrogens is 2. The molecule has 13 heavy (non-hydrogen) atoms. The van der Waals surface area contributed by atoms with Crippen LogP contribution in [0.25, 0.3) is 11.1 Å². The maximum Gasteiger partial charge on any atom is 0.261 e. The SMILES string of the molecule is COc1cc(CBr)nc2oncc12. The maximum absolute atomic E-state index is 5.17. The molecule has 0 bridgehead atoms. The quantitative estimate of drug-likeness (QED) is 0.758. The molecule has 0 aromatic carbocycles. The van der Waals surface area contributed by atoms with Gasteiger partial charge in [-0.05, 0) is 0 Å². The first-order valence-electron chi connectivity index (χ1n) is 3.69. The first-order chi connectivity index (χ1) is 6.35. The monoisotopic (exact) mass is 242 g/mol. The molecule has 68 valence electrons. The smallest absolute Gasteiger partial charge is 0.261 e. The zero-order valence-electron chi connectivity index (χ0n) is 6.95. The molecular formula is C8H7BrN2O2. The van der Waals surface area contributed by atoms with Gasteiger partial charge >= 0.3 is 0 Å². The third-order valence-electron chi connectivity index (χ3n) is 1.72. The van der Waals surface area contributed by atoms with Crippen LogP contribution in [0.2, 0.25) is 0 Å². The average molecular weight is 243 g/mol. The highest BCUT2D eigenvalue weighted by Gasteiger charge is 2.08. The number of ether oxygens (including phenoxy) is 1. The third-order valence-corrected chi connectivity index (χ3v) is 2.29. The van der Waals surface area contributed by atoms with Crippen LogP contribution in [0, 0.1) is 0 Å². The molecule has 0 saturated carbocycles. The number of alkyl halides is 1. The first-order valence-corrected chi connectivity index (χ1v) is 4.81. The standard InChI is InChI=1S/C8H7BrN2O2/c1-12-7-2-5(3-9)11-8-6(7)4-10-13-8/h2,4H,3H2,1H3. The van der Waals surface area contributed by atoms with Gasteiger partial charge in [-0.25, -0.2) is 4.98 Å². The molecule has 2 heterocycles. The summed E-state index contributed by atoms with van der Waals surface area (Å²) in [5.41, 5.74) is 1.37. The molecule has 0 spiro atoms. The van der Waals surface area contributed by atoms with Crippen LogP contribution in [0.1, 0.15) is 5.69 Å². The van der Waals surface area contributed by atoms with Gasteiger partial charge in [0, 0.05) is 11.4 Å². The summed E-state index contributed by atoms with van der Waals surface area (Å²) < 4.78 is 10.1. The van der Waals surface area contributed by atoms with E-state index in [9.17, 15) is 0 Å². The number of hydrogen-bond donors (Lipinski definition) is 0. The van der Waals surface area contributed by atoms with Gasteiger partial charge in [-0.1, -0.05) is 21.1 Å². The third kappa shape index (κ3) is 1.39. The van der Waals surface area contributed by atoms with Crippen molar-refractivity contribution in [2.45, 2.75) is 5.33 Å². The van der Waals surface area contributed by atoms with Gasteiger partial charge < -0.3 is 9.26 Å². The minimum Gasteiger partial charge on any atom is -0.496 e. The highest BCUT2D eigenvalue weighted by molar-refractivity contribution is 9.08. The summed E-state index contributed by atoms with van der Waals surface area (Å²) in [4.78, 5) is 4.21. The van der Waals surface area contributed by atoms with Gasteiger partial charge in [0.25, 0.3) is 5.71 Å². The largest absolute Gasteiger partial charge is 0.496 e. The Morgan fingerprint density at radius 2 is 2.46 bits per heavy atom. The molecule has 2 aromatic rings. The highest BCUT2D eigenvalue weighted by Crippen LogP contribution is 2.25. The van der Waals surface area contributed by atoms with Crippen molar-refractivity contribution in [3.63, 3.8) is 0 Å². The molecule has 2 rings (SSSR count). The van der Waals surface area contributed by atoms with Crippen LogP contribution in [0.3, 0.4) is 0 Å². The van der Waals surface area contributed by atoms with E-state index >= 15 is 0 Å². The van der Waals surface area contributed by atoms with E-state index < -0.39 is 0 Å². The molecule has 2 aromatic heterocycles. The summed E-state index contributed by atoms with van der Waals surface area (Å²) in [5, 5.41) is 5.12. The van der Waals surface area contributed by atoms with Crippen molar-refractivity contribution in [3.8, 4) is 5.75 Å². The average Bonchev–Trinajstić information content (AvgIpc) is 2.63. The van der Waals surface area contributed by atoms with Gasteiger partial charge in [0.15, 0.2) is 0 Å². The van der Waals surface area contributed by atoms with Gasteiger partial charge in [0.2, 0.25) is 0 Å². The molecule has 0 atom stereocenters. The minimum absolute atomic E-state index is 0.508. The Balaban J connectivity index is 2.70. The molecule has 0 amide bonds. The summed E-state index contributed by atoms with van der Waals surface area (Å²) in [7, 11) is 1.61. The molecule has 0 unspecified atom stereocenters. The summed E-state index contributed by atoms with van der Waals surface area (Å²) >= 11 is 3.31. The molecule has 0 aliphatic heterocycles. The molecule has 0 radical (unpaired) electrons. The van der Waals surface area contributed by atoms with Crippen LogP contribution < -0.4 is 4.74 Å². The molecule has 0 aliphatic rings. The molecule has 4 nitrogen and oxygen atoms in total. The summed E-state index contributed by atoms with van der Waals surface area (Å²) in [6.07, 6.45) is 1.60. The second-order valence-electron chi connectivity index (χ2n) is 2.49. The number of halogens is 1. The van der Waals surface area contributed by atoms with Crippen molar-refractivity contribution in [1.82, 2.24) is 10.1 Å². The summed E-state index contributed by atoms with van der Waals surface area (Å²) in [6.45, 7) is 0. The van der Waals surface area contributed by atoms with E-state index in [1.165, 1.54) is 0 Å². The van der Waals surface area contributed by atoms with Crippen molar-refractivity contribution in [1.29, 1.82) is 0 Å². The van der Waals surface area contributed by atoms with Gasteiger partial charge in [-0.15, -0.1) is 0 Å². The second kappa shape index (κ2) is 3.33. The number of hydrogen-bond acceptors (Lipinski definition) is 4. The fraction of sp³-hybridized carbons (Fsp3) is 0.250. The normalized spacial score (nSPS) is 10.6. The summed E-state index contributed by atoms with van der Waals surface area (Å²) in [6, 6.07) is 1.86. The lowest BCUT2D eigenvalue weighted by molar-refractivity contribution is 0.417. The molecule has 0 aliphatic carbocycles. The highest BCUT2D eigenvalue weighted by atomic mass is 79.9. The van der Waals surface area contributed by atoms with Crippen LogP contribution in [0.4, 0.5) is 0 Å².